The summed E-state index contributed by atoms with van der Waals surface area (Å²) in [7, 11) is 0. The van der Waals surface area contributed by atoms with E-state index in [0.29, 0.717) is 19.6 Å². The molecule has 0 aliphatic rings. The molecule has 4 nitrogen and oxygen atoms in total. The summed E-state index contributed by atoms with van der Waals surface area (Å²) in [5, 5.41) is 0. The number of unbranched alkanes of at least 4 members (excludes halogenated alkanes) is 1. The second kappa shape index (κ2) is 11.9. The van der Waals surface area contributed by atoms with Gasteiger partial charge in [0.25, 0.3) is 0 Å². The summed E-state index contributed by atoms with van der Waals surface area (Å²) in [5.74, 6) is -0.142. The Kier molecular flexibility index (Phi) is 11.4. The summed E-state index contributed by atoms with van der Waals surface area (Å²) < 4.78 is 15.9. The molecule has 4 heteroatoms. The fourth-order valence-electron chi connectivity index (χ4n) is 1.41. The van der Waals surface area contributed by atoms with Crippen LogP contribution in [0.2, 0.25) is 0 Å². The molecule has 0 saturated heterocycles. The van der Waals surface area contributed by atoms with Crippen molar-refractivity contribution in [1.29, 1.82) is 0 Å². The molecule has 0 N–H and O–H groups in total. The zero-order valence-corrected chi connectivity index (χ0v) is 11.4. The van der Waals surface area contributed by atoms with Crippen molar-refractivity contribution in [2.45, 2.75) is 59.2 Å². The Morgan fingerprint density at radius 3 is 2.41 bits per heavy atom. The smallest absolute Gasteiger partial charge is 0.305 e. The fraction of sp³-hybridized carbons (Fsp3) is 0.923. The van der Waals surface area contributed by atoms with E-state index in [1.54, 1.807) is 0 Å². The summed E-state index contributed by atoms with van der Waals surface area (Å²) in [6.45, 7) is 7.69. The Hall–Kier alpha value is -0.610. The van der Waals surface area contributed by atoms with Crippen LogP contribution in [0, 0.1) is 0 Å². The van der Waals surface area contributed by atoms with Gasteiger partial charge >= 0.3 is 5.97 Å². The molecule has 0 rings (SSSR count). The number of rotatable bonds is 11. The number of hydrogen-bond acceptors (Lipinski definition) is 4. The van der Waals surface area contributed by atoms with Crippen LogP contribution in [0.4, 0.5) is 0 Å². The van der Waals surface area contributed by atoms with E-state index in [-0.39, 0.29) is 12.3 Å². The Labute approximate surface area is 105 Å². The molecule has 0 spiro atoms. The molecule has 0 aliphatic heterocycles. The molecule has 0 saturated carbocycles. The van der Waals surface area contributed by atoms with Gasteiger partial charge in [0.15, 0.2) is 6.29 Å². The molecule has 17 heavy (non-hydrogen) atoms. The molecule has 0 aliphatic carbocycles. The zero-order valence-electron chi connectivity index (χ0n) is 11.4. The SMILES string of the molecule is CCCCOC(CCCC(=O)OCC)OCC. The maximum atomic E-state index is 11.1. The van der Waals surface area contributed by atoms with Crippen LogP contribution in [0.15, 0.2) is 0 Å². The Bertz CT molecular complexity index is 182. The van der Waals surface area contributed by atoms with Crippen molar-refractivity contribution in [2.75, 3.05) is 19.8 Å². The molecule has 1 atom stereocenters. The third-order valence-electron chi connectivity index (χ3n) is 2.28. The predicted molar refractivity (Wildman–Crippen MR) is 66.8 cm³/mol. The normalized spacial score (nSPS) is 12.4. The van der Waals surface area contributed by atoms with Gasteiger partial charge in [0.05, 0.1) is 6.61 Å². The lowest BCUT2D eigenvalue weighted by Gasteiger charge is -2.17. The van der Waals surface area contributed by atoms with Crippen LogP contribution < -0.4 is 0 Å². The van der Waals surface area contributed by atoms with Crippen molar-refractivity contribution in [3.8, 4) is 0 Å². The highest BCUT2D eigenvalue weighted by Crippen LogP contribution is 2.08. The van der Waals surface area contributed by atoms with E-state index in [1.807, 2.05) is 13.8 Å². The first kappa shape index (κ1) is 16.4. The summed E-state index contributed by atoms with van der Waals surface area (Å²) in [6.07, 6.45) is 3.91. The van der Waals surface area contributed by atoms with Crippen LogP contribution in [-0.2, 0) is 19.0 Å². The van der Waals surface area contributed by atoms with E-state index in [1.165, 1.54) is 0 Å². The average molecular weight is 246 g/mol. The highest BCUT2D eigenvalue weighted by atomic mass is 16.7. The molecule has 0 aromatic carbocycles. The first-order valence-electron chi connectivity index (χ1n) is 6.63. The van der Waals surface area contributed by atoms with Crippen LogP contribution >= 0.6 is 0 Å². The van der Waals surface area contributed by atoms with E-state index in [0.717, 1.165) is 32.3 Å². The van der Waals surface area contributed by atoms with Crippen LogP contribution in [0.1, 0.15) is 52.9 Å². The molecule has 0 heterocycles. The predicted octanol–water partition coefficient (Wildman–Crippen LogP) is 2.90. The van der Waals surface area contributed by atoms with E-state index < -0.39 is 0 Å². The number of ether oxygens (including phenoxy) is 3. The summed E-state index contributed by atoms with van der Waals surface area (Å²) in [5.41, 5.74) is 0. The second-order valence-electron chi connectivity index (χ2n) is 3.81. The lowest BCUT2D eigenvalue weighted by atomic mass is 10.2. The number of carbonyl (C=O) groups excluding carboxylic acids is 1. The van der Waals surface area contributed by atoms with Crippen molar-refractivity contribution in [3.05, 3.63) is 0 Å². The fourth-order valence-corrected chi connectivity index (χ4v) is 1.41. The summed E-state index contributed by atoms with van der Waals surface area (Å²) in [6, 6.07) is 0. The minimum atomic E-state index is -0.180. The van der Waals surface area contributed by atoms with E-state index in [2.05, 4.69) is 6.92 Å². The topological polar surface area (TPSA) is 44.8 Å². The first-order chi connectivity index (χ1) is 8.24. The third-order valence-corrected chi connectivity index (χ3v) is 2.28. The van der Waals surface area contributed by atoms with Crippen molar-refractivity contribution < 1.29 is 19.0 Å². The van der Waals surface area contributed by atoms with E-state index >= 15 is 0 Å². The molecule has 0 aromatic heterocycles. The van der Waals surface area contributed by atoms with Gasteiger partial charge in [-0.1, -0.05) is 13.3 Å². The summed E-state index contributed by atoms with van der Waals surface area (Å²) in [4.78, 5) is 11.1. The number of hydrogen-bond donors (Lipinski definition) is 0. The lowest BCUT2D eigenvalue weighted by Crippen LogP contribution is -2.18. The molecule has 0 aromatic rings. The van der Waals surface area contributed by atoms with E-state index in [9.17, 15) is 4.79 Å². The largest absolute Gasteiger partial charge is 0.466 e. The standard InChI is InChI=1S/C13H26O4/c1-4-7-11-17-13(16-6-3)10-8-9-12(14)15-5-2/h13H,4-11H2,1-3H3. The highest BCUT2D eigenvalue weighted by molar-refractivity contribution is 5.69. The van der Waals surface area contributed by atoms with E-state index in [4.69, 9.17) is 14.2 Å². The quantitative estimate of drug-likeness (QED) is 0.319. The van der Waals surface area contributed by atoms with Crippen molar-refractivity contribution in [1.82, 2.24) is 0 Å². The van der Waals surface area contributed by atoms with Crippen LogP contribution in [0.3, 0.4) is 0 Å². The van der Waals surface area contributed by atoms with Gasteiger partial charge in [0.2, 0.25) is 0 Å². The number of carbonyl (C=O) groups is 1. The zero-order chi connectivity index (χ0) is 12.9. The average Bonchev–Trinajstić information content (AvgIpc) is 2.29. The first-order valence-corrected chi connectivity index (χ1v) is 6.63. The van der Waals surface area contributed by atoms with Gasteiger partial charge in [-0.2, -0.15) is 0 Å². The molecule has 102 valence electrons. The minimum Gasteiger partial charge on any atom is -0.466 e. The monoisotopic (exact) mass is 246 g/mol. The van der Waals surface area contributed by atoms with Gasteiger partial charge in [-0.05, 0) is 33.1 Å². The Morgan fingerprint density at radius 2 is 1.82 bits per heavy atom. The molecular formula is C13H26O4. The van der Waals surface area contributed by atoms with Crippen LogP contribution in [0.25, 0.3) is 0 Å². The second-order valence-corrected chi connectivity index (χ2v) is 3.81. The Balaban J connectivity index is 3.64. The highest BCUT2D eigenvalue weighted by Gasteiger charge is 2.10. The lowest BCUT2D eigenvalue weighted by molar-refractivity contribution is -0.149. The Morgan fingerprint density at radius 1 is 1.06 bits per heavy atom. The molecule has 0 fully saturated rings. The van der Waals surface area contributed by atoms with Crippen LogP contribution in [-0.4, -0.2) is 32.1 Å². The number of esters is 1. The third kappa shape index (κ3) is 10.3. The van der Waals surface area contributed by atoms with Gasteiger partial charge in [-0.25, -0.2) is 0 Å². The van der Waals surface area contributed by atoms with Gasteiger partial charge in [0, 0.05) is 19.6 Å². The molecule has 1 unspecified atom stereocenters. The van der Waals surface area contributed by atoms with Gasteiger partial charge in [-0.15, -0.1) is 0 Å². The molecular weight excluding hydrogens is 220 g/mol. The maximum Gasteiger partial charge on any atom is 0.305 e. The van der Waals surface area contributed by atoms with Gasteiger partial charge in [0.1, 0.15) is 0 Å². The van der Waals surface area contributed by atoms with Gasteiger partial charge < -0.3 is 14.2 Å². The van der Waals surface area contributed by atoms with Crippen molar-refractivity contribution >= 4 is 5.97 Å². The van der Waals surface area contributed by atoms with Crippen molar-refractivity contribution in [3.63, 3.8) is 0 Å². The maximum absolute atomic E-state index is 11.1. The molecule has 0 radical (unpaired) electrons. The molecule has 0 amide bonds. The minimum absolute atomic E-state index is 0.142. The van der Waals surface area contributed by atoms with Crippen molar-refractivity contribution in [2.24, 2.45) is 0 Å². The summed E-state index contributed by atoms with van der Waals surface area (Å²) >= 11 is 0. The van der Waals surface area contributed by atoms with Crippen LogP contribution in [0.5, 0.6) is 0 Å². The molecule has 0 bridgehead atoms. The van der Waals surface area contributed by atoms with Gasteiger partial charge in [-0.3, -0.25) is 4.79 Å².